The van der Waals surface area contributed by atoms with Crippen molar-refractivity contribution >= 4 is 5.69 Å². The molecule has 0 amide bonds. The molecule has 2 nitrogen and oxygen atoms in total. The highest BCUT2D eigenvalue weighted by Gasteiger charge is 2.26. The van der Waals surface area contributed by atoms with Gasteiger partial charge in [0.15, 0.2) is 0 Å². The molecule has 0 saturated heterocycles. The van der Waals surface area contributed by atoms with E-state index in [9.17, 15) is 0 Å². The summed E-state index contributed by atoms with van der Waals surface area (Å²) in [7, 11) is 0. The third kappa shape index (κ3) is 1.71. The average Bonchev–Trinajstić information content (AvgIpc) is 2.90. The first-order valence-corrected chi connectivity index (χ1v) is 6.48. The van der Waals surface area contributed by atoms with Crippen LogP contribution >= 0.6 is 0 Å². The van der Waals surface area contributed by atoms with Crippen molar-refractivity contribution in [1.82, 2.24) is 5.32 Å². The van der Waals surface area contributed by atoms with Crippen molar-refractivity contribution in [3.05, 3.63) is 29.3 Å². The van der Waals surface area contributed by atoms with E-state index >= 15 is 0 Å². The van der Waals surface area contributed by atoms with Crippen LogP contribution in [0.1, 0.15) is 49.3 Å². The van der Waals surface area contributed by atoms with Gasteiger partial charge in [-0.1, -0.05) is 25.0 Å². The number of nitrogens with two attached hydrogens (primary N) is 1. The number of rotatable bonds is 2. The maximum atomic E-state index is 6.01. The van der Waals surface area contributed by atoms with Gasteiger partial charge in [-0.15, -0.1) is 0 Å². The van der Waals surface area contributed by atoms with Crippen molar-refractivity contribution in [3.8, 4) is 0 Å². The lowest BCUT2D eigenvalue weighted by Gasteiger charge is -2.19. The zero-order valence-electron chi connectivity index (χ0n) is 9.71. The van der Waals surface area contributed by atoms with Crippen LogP contribution in [-0.2, 0) is 6.42 Å². The number of anilines is 1. The lowest BCUT2D eigenvalue weighted by atomic mass is 10.1. The molecule has 1 aromatic carbocycles. The van der Waals surface area contributed by atoms with Crippen LogP contribution in [0.4, 0.5) is 5.69 Å². The summed E-state index contributed by atoms with van der Waals surface area (Å²) in [4.78, 5) is 0. The Morgan fingerprint density at radius 2 is 1.94 bits per heavy atom. The summed E-state index contributed by atoms with van der Waals surface area (Å²) in [5.41, 5.74) is 9.83. The summed E-state index contributed by atoms with van der Waals surface area (Å²) in [6, 6.07) is 7.66. The van der Waals surface area contributed by atoms with Crippen LogP contribution in [0, 0.1) is 0 Å². The molecule has 2 heteroatoms. The molecule has 1 fully saturated rings. The summed E-state index contributed by atoms with van der Waals surface area (Å²) >= 11 is 0. The third-order valence-corrected chi connectivity index (χ3v) is 4.10. The predicted molar refractivity (Wildman–Crippen MR) is 67.3 cm³/mol. The van der Waals surface area contributed by atoms with E-state index in [1.165, 1.54) is 43.2 Å². The number of hydrogen-bond acceptors (Lipinski definition) is 2. The van der Waals surface area contributed by atoms with Gasteiger partial charge in [0.05, 0.1) is 0 Å². The molecule has 3 N–H and O–H groups in total. The zero-order valence-corrected chi connectivity index (χ0v) is 9.71. The first-order chi connectivity index (χ1) is 7.84. The van der Waals surface area contributed by atoms with E-state index in [-0.39, 0.29) is 0 Å². The van der Waals surface area contributed by atoms with Crippen molar-refractivity contribution < 1.29 is 0 Å². The SMILES string of the molecule is Nc1cccc2c1CCC2NC1CCCC1. The molecule has 1 saturated carbocycles. The number of benzene rings is 1. The summed E-state index contributed by atoms with van der Waals surface area (Å²) in [6.45, 7) is 0. The minimum absolute atomic E-state index is 0.557. The number of nitrogen functional groups attached to an aromatic ring is 1. The van der Waals surface area contributed by atoms with Crippen molar-refractivity contribution in [2.45, 2.75) is 50.6 Å². The summed E-state index contributed by atoms with van der Waals surface area (Å²) in [5, 5.41) is 3.81. The highest BCUT2D eigenvalue weighted by Crippen LogP contribution is 2.35. The minimum Gasteiger partial charge on any atom is -0.398 e. The van der Waals surface area contributed by atoms with Crippen molar-refractivity contribution in [3.63, 3.8) is 0 Å². The number of nitrogens with one attached hydrogen (secondary N) is 1. The third-order valence-electron chi connectivity index (χ3n) is 4.10. The maximum absolute atomic E-state index is 6.01. The fourth-order valence-corrected chi connectivity index (χ4v) is 3.23. The van der Waals surface area contributed by atoms with Gasteiger partial charge in [0.25, 0.3) is 0 Å². The molecule has 1 atom stereocenters. The van der Waals surface area contributed by atoms with Gasteiger partial charge in [-0.3, -0.25) is 0 Å². The Hall–Kier alpha value is -1.02. The van der Waals surface area contributed by atoms with Gasteiger partial charge >= 0.3 is 0 Å². The zero-order chi connectivity index (χ0) is 11.0. The predicted octanol–water partition coefficient (Wildman–Crippen LogP) is 2.79. The van der Waals surface area contributed by atoms with Crippen LogP contribution in [0.5, 0.6) is 0 Å². The second-order valence-electron chi connectivity index (χ2n) is 5.15. The molecule has 1 aromatic rings. The van der Waals surface area contributed by atoms with Crippen molar-refractivity contribution in [1.29, 1.82) is 0 Å². The molecule has 0 radical (unpaired) electrons. The van der Waals surface area contributed by atoms with E-state index in [2.05, 4.69) is 17.4 Å². The number of fused-ring (bicyclic) bond motifs is 1. The normalized spacial score (nSPS) is 24.9. The quantitative estimate of drug-likeness (QED) is 0.746. The molecule has 16 heavy (non-hydrogen) atoms. The van der Waals surface area contributed by atoms with Gasteiger partial charge in [-0.2, -0.15) is 0 Å². The molecule has 3 rings (SSSR count). The van der Waals surface area contributed by atoms with Gasteiger partial charge in [0, 0.05) is 17.8 Å². The fourth-order valence-electron chi connectivity index (χ4n) is 3.23. The van der Waals surface area contributed by atoms with Crippen LogP contribution in [0.3, 0.4) is 0 Å². The summed E-state index contributed by atoms with van der Waals surface area (Å²) < 4.78 is 0. The van der Waals surface area contributed by atoms with Gasteiger partial charge < -0.3 is 11.1 Å². The highest BCUT2D eigenvalue weighted by molar-refractivity contribution is 5.54. The summed E-state index contributed by atoms with van der Waals surface area (Å²) in [5.74, 6) is 0. The summed E-state index contributed by atoms with van der Waals surface area (Å²) in [6.07, 6.45) is 7.87. The molecule has 2 aliphatic carbocycles. The lowest BCUT2D eigenvalue weighted by molar-refractivity contribution is 0.438. The first kappa shape index (κ1) is 10.2. The van der Waals surface area contributed by atoms with E-state index in [0.717, 1.165) is 18.2 Å². The molecule has 1 unspecified atom stereocenters. The smallest absolute Gasteiger partial charge is 0.0349 e. The fraction of sp³-hybridized carbons (Fsp3) is 0.571. The molecule has 0 heterocycles. The van der Waals surface area contributed by atoms with E-state index in [1.54, 1.807) is 0 Å². The van der Waals surface area contributed by atoms with Crippen molar-refractivity contribution in [2.75, 3.05) is 5.73 Å². The topological polar surface area (TPSA) is 38.0 Å². The number of hydrogen-bond donors (Lipinski definition) is 2. The van der Waals surface area contributed by atoms with Crippen LogP contribution in [-0.4, -0.2) is 6.04 Å². The standard InChI is InChI=1S/C14H20N2/c15-13-7-3-6-12-11(13)8-9-14(12)16-10-4-1-2-5-10/h3,6-7,10,14,16H,1-2,4-5,8-9,15H2. The largest absolute Gasteiger partial charge is 0.398 e. The molecule has 0 spiro atoms. The van der Waals surface area contributed by atoms with Crippen LogP contribution in [0.25, 0.3) is 0 Å². The van der Waals surface area contributed by atoms with Gasteiger partial charge in [-0.25, -0.2) is 0 Å². The molecular weight excluding hydrogens is 196 g/mol. The maximum Gasteiger partial charge on any atom is 0.0349 e. The Morgan fingerprint density at radius 3 is 2.75 bits per heavy atom. The molecular formula is C14H20N2. The van der Waals surface area contributed by atoms with Gasteiger partial charge in [0.2, 0.25) is 0 Å². The van der Waals surface area contributed by atoms with Crippen LogP contribution in [0.2, 0.25) is 0 Å². The van der Waals surface area contributed by atoms with Crippen LogP contribution < -0.4 is 11.1 Å². The monoisotopic (exact) mass is 216 g/mol. The molecule has 0 aliphatic heterocycles. The van der Waals surface area contributed by atoms with Crippen molar-refractivity contribution in [2.24, 2.45) is 0 Å². The Labute approximate surface area is 97.2 Å². The minimum atomic E-state index is 0.557. The Kier molecular flexibility index (Phi) is 2.60. The Balaban J connectivity index is 1.78. The van der Waals surface area contributed by atoms with Crippen LogP contribution in [0.15, 0.2) is 18.2 Å². The van der Waals surface area contributed by atoms with E-state index < -0.39 is 0 Å². The molecule has 0 aromatic heterocycles. The lowest BCUT2D eigenvalue weighted by Crippen LogP contribution is -2.29. The Morgan fingerprint density at radius 1 is 1.12 bits per heavy atom. The highest BCUT2D eigenvalue weighted by atomic mass is 15.0. The Bertz CT molecular complexity index is 380. The van der Waals surface area contributed by atoms with E-state index in [1.807, 2.05) is 6.07 Å². The van der Waals surface area contributed by atoms with Gasteiger partial charge in [-0.05, 0) is 42.9 Å². The molecule has 86 valence electrons. The second-order valence-corrected chi connectivity index (χ2v) is 5.15. The first-order valence-electron chi connectivity index (χ1n) is 6.48. The molecule has 2 aliphatic rings. The van der Waals surface area contributed by atoms with Gasteiger partial charge in [0.1, 0.15) is 0 Å². The van der Waals surface area contributed by atoms with E-state index in [4.69, 9.17) is 5.73 Å². The average molecular weight is 216 g/mol. The van der Waals surface area contributed by atoms with E-state index in [0.29, 0.717) is 6.04 Å². The molecule has 0 bridgehead atoms. The second kappa shape index (κ2) is 4.10.